The van der Waals surface area contributed by atoms with E-state index in [9.17, 15) is 9.59 Å². The SMILES string of the molecule is O=C(CN1CCN(CC(=O)N(Cc2ccccc2)C2CC2)CC1)Nc1ccccc1Cl. The standard InChI is InChI=1S/C24H29ClN4O2/c25-21-8-4-5-9-22(21)26-23(30)17-27-12-14-28(15-13-27)18-24(31)29(20-10-11-20)16-19-6-2-1-3-7-19/h1-9,20H,10-18H2,(H,26,30). The van der Waals surface area contributed by atoms with Crippen LogP contribution in [0.25, 0.3) is 0 Å². The molecule has 2 aromatic rings. The molecule has 1 aliphatic carbocycles. The number of rotatable bonds is 8. The molecule has 164 valence electrons. The Morgan fingerprint density at radius 3 is 2.16 bits per heavy atom. The highest BCUT2D eigenvalue weighted by Gasteiger charge is 2.33. The monoisotopic (exact) mass is 440 g/mol. The van der Waals surface area contributed by atoms with Crippen molar-refractivity contribution >= 4 is 29.1 Å². The summed E-state index contributed by atoms with van der Waals surface area (Å²) in [5, 5.41) is 3.41. The Morgan fingerprint density at radius 1 is 0.903 bits per heavy atom. The van der Waals surface area contributed by atoms with Gasteiger partial charge in [0, 0.05) is 38.8 Å². The first-order valence-electron chi connectivity index (χ1n) is 10.9. The van der Waals surface area contributed by atoms with E-state index in [-0.39, 0.29) is 11.8 Å². The van der Waals surface area contributed by atoms with Crippen LogP contribution in [0.15, 0.2) is 54.6 Å². The predicted molar refractivity (Wildman–Crippen MR) is 123 cm³/mol. The molecular weight excluding hydrogens is 412 g/mol. The summed E-state index contributed by atoms with van der Waals surface area (Å²) in [6, 6.07) is 17.8. The predicted octanol–water partition coefficient (Wildman–Crippen LogP) is 3.09. The number of para-hydroxylation sites is 1. The number of amides is 2. The number of piperazine rings is 1. The van der Waals surface area contributed by atoms with Crippen LogP contribution in [0.1, 0.15) is 18.4 Å². The quantitative estimate of drug-likeness (QED) is 0.685. The molecule has 0 radical (unpaired) electrons. The van der Waals surface area contributed by atoms with Crippen LogP contribution in [-0.4, -0.2) is 71.8 Å². The van der Waals surface area contributed by atoms with Gasteiger partial charge in [-0.25, -0.2) is 0 Å². The molecule has 0 unspecified atom stereocenters. The summed E-state index contributed by atoms with van der Waals surface area (Å²) in [5.41, 5.74) is 1.81. The second-order valence-corrected chi connectivity index (χ2v) is 8.73. The number of hydrogen-bond acceptors (Lipinski definition) is 4. The molecule has 2 aromatic carbocycles. The molecule has 1 N–H and O–H groups in total. The van der Waals surface area contributed by atoms with E-state index < -0.39 is 0 Å². The molecule has 0 atom stereocenters. The van der Waals surface area contributed by atoms with E-state index in [4.69, 9.17) is 11.6 Å². The summed E-state index contributed by atoms with van der Waals surface area (Å²) in [7, 11) is 0. The summed E-state index contributed by atoms with van der Waals surface area (Å²) in [6.45, 7) is 4.57. The minimum absolute atomic E-state index is 0.0691. The van der Waals surface area contributed by atoms with Crippen LogP contribution in [0.5, 0.6) is 0 Å². The first kappa shape index (κ1) is 21.8. The molecule has 7 heteroatoms. The third-order valence-electron chi connectivity index (χ3n) is 5.84. The van der Waals surface area contributed by atoms with Gasteiger partial charge in [0.1, 0.15) is 0 Å². The van der Waals surface area contributed by atoms with Crippen molar-refractivity contribution in [2.45, 2.75) is 25.4 Å². The Bertz CT molecular complexity index is 895. The maximum Gasteiger partial charge on any atom is 0.238 e. The molecule has 4 rings (SSSR count). The maximum atomic E-state index is 13.0. The average Bonchev–Trinajstić information content (AvgIpc) is 3.61. The normalized spacial score (nSPS) is 17.3. The number of halogens is 1. The molecule has 31 heavy (non-hydrogen) atoms. The van der Waals surface area contributed by atoms with E-state index in [1.54, 1.807) is 12.1 Å². The van der Waals surface area contributed by atoms with Crippen LogP contribution in [0.3, 0.4) is 0 Å². The Hall–Kier alpha value is -2.41. The molecule has 1 heterocycles. The van der Waals surface area contributed by atoms with Crippen molar-refractivity contribution in [3.05, 3.63) is 65.2 Å². The molecule has 0 bridgehead atoms. The Kier molecular flexibility index (Phi) is 7.22. The van der Waals surface area contributed by atoms with Gasteiger partial charge in [-0.2, -0.15) is 0 Å². The Balaban J connectivity index is 1.22. The first-order valence-corrected chi connectivity index (χ1v) is 11.3. The smallest absolute Gasteiger partial charge is 0.238 e. The van der Waals surface area contributed by atoms with Crippen molar-refractivity contribution in [1.29, 1.82) is 0 Å². The number of nitrogens with zero attached hydrogens (tertiary/aromatic N) is 3. The molecule has 2 amide bonds. The Labute approximate surface area is 188 Å². The molecule has 6 nitrogen and oxygen atoms in total. The summed E-state index contributed by atoms with van der Waals surface area (Å²) in [5.74, 6) is 0.136. The van der Waals surface area contributed by atoms with Gasteiger partial charge in [0.05, 0.1) is 23.8 Å². The van der Waals surface area contributed by atoms with Crippen LogP contribution in [-0.2, 0) is 16.1 Å². The van der Waals surface area contributed by atoms with Crippen LogP contribution < -0.4 is 5.32 Å². The van der Waals surface area contributed by atoms with Crippen LogP contribution in [0, 0.1) is 0 Å². The van der Waals surface area contributed by atoms with E-state index in [0.717, 1.165) is 39.0 Å². The summed E-state index contributed by atoms with van der Waals surface area (Å²) in [4.78, 5) is 31.7. The number of carbonyl (C=O) groups is 2. The number of anilines is 1. The molecule has 1 saturated heterocycles. The van der Waals surface area contributed by atoms with Gasteiger partial charge < -0.3 is 10.2 Å². The third-order valence-corrected chi connectivity index (χ3v) is 6.17. The van der Waals surface area contributed by atoms with Gasteiger partial charge in [-0.3, -0.25) is 19.4 Å². The largest absolute Gasteiger partial charge is 0.334 e. The number of carbonyl (C=O) groups excluding carboxylic acids is 2. The zero-order valence-corrected chi connectivity index (χ0v) is 18.4. The van der Waals surface area contributed by atoms with Crippen molar-refractivity contribution in [3.8, 4) is 0 Å². The van der Waals surface area contributed by atoms with Crippen molar-refractivity contribution in [2.75, 3.05) is 44.6 Å². The molecule has 0 spiro atoms. The second kappa shape index (κ2) is 10.3. The topological polar surface area (TPSA) is 55.9 Å². The molecule has 0 aromatic heterocycles. The second-order valence-electron chi connectivity index (χ2n) is 8.32. The van der Waals surface area contributed by atoms with Crippen molar-refractivity contribution in [1.82, 2.24) is 14.7 Å². The lowest BCUT2D eigenvalue weighted by molar-refractivity contribution is -0.134. The third kappa shape index (κ3) is 6.29. The van der Waals surface area contributed by atoms with Gasteiger partial charge in [0.25, 0.3) is 0 Å². The number of hydrogen-bond donors (Lipinski definition) is 1. The van der Waals surface area contributed by atoms with Gasteiger partial charge in [0.2, 0.25) is 11.8 Å². The van der Waals surface area contributed by atoms with Crippen LogP contribution in [0.2, 0.25) is 5.02 Å². The molecule has 1 aliphatic heterocycles. The lowest BCUT2D eigenvalue weighted by atomic mass is 10.2. The molecule has 1 saturated carbocycles. The lowest BCUT2D eigenvalue weighted by Gasteiger charge is -2.35. The highest BCUT2D eigenvalue weighted by atomic mass is 35.5. The fourth-order valence-corrected chi connectivity index (χ4v) is 4.11. The summed E-state index contributed by atoms with van der Waals surface area (Å²) >= 11 is 6.11. The van der Waals surface area contributed by atoms with E-state index in [2.05, 4.69) is 27.2 Å². The summed E-state index contributed by atoms with van der Waals surface area (Å²) < 4.78 is 0. The van der Waals surface area contributed by atoms with Crippen molar-refractivity contribution < 1.29 is 9.59 Å². The minimum atomic E-state index is -0.0691. The fourth-order valence-electron chi connectivity index (χ4n) is 3.93. The van der Waals surface area contributed by atoms with Crippen LogP contribution in [0.4, 0.5) is 5.69 Å². The Morgan fingerprint density at radius 2 is 1.52 bits per heavy atom. The van der Waals surface area contributed by atoms with E-state index in [1.807, 2.05) is 35.2 Å². The molecular formula is C24H29ClN4O2. The van der Waals surface area contributed by atoms with E-state index >= 15 is 0 Å². The number of benzene rings is 2. The van der Waals surface area contributed by atoms with Gasteiger partial charge in [-0.1, -0.05) is 54.1 Å². The van der Waals surface area contributed by atoms with E-state index in [1.165, 1.54) is 5.56 Å². The molecule has 2 fully saturated rings. The van der Waals surface area contributed by atoms with Gasteiger partial charge in [-0.05, 0) is 30.5 Å². The highest BCUT2D eigenvalue weighted by Crippen LogP contribution is 2.28. The van der Waals surface area contributed by atoms with Gasteiger partial charge in [0.15, 0.2) is 0 Å². The average molecular weight is 441 g/mol. The number of nitrogens with one attached hydrogen (secondary N) is 1. The molecule has 2 aliphatic rings. The van der Waals surface area contributed by atoms with Crippen molar-refractivity contribution in [3.63, 3.8) is 0 Å². The lowest BCUT2D eigenvalue weighted by Crippen LogP contribution is -2.51. The fraction of sp³-hybridized carbons (Fsp3) is 0.417. The van der Waals surface area contributed by atoms with Gasteiger partial charge in [-0.15, -0.1) is 0 Å². The summed E-state index contributed by atoms with van der Waals surface area (Å²) in [6.07, 6.45) is 2.21. The van der Waals surface area contributed by atoms with Crippen molar-refractivity contribution in [2.24, 2.45) is 0 Å². The first-order chi connectivity index (χ1) is 15.1. The van der Waals surface area contributed by atoms with Gasteiger partial charge >= 0.3 is 0 Å². The minimum Gasteiger partial charge on any atom is -0.334 e. The van der Waals surface area contributed by atoms with E-state index in [0.29, 0.717) is 36.4 Å². The maximum absolute atomic E-state index is 13.0. The zero-order valence-electron chi connectivity index (χ0n) is 17.7. The zero-order chi connectivity index (χ0) is 21.6. The van der Waals surface area contributed by atoms with Crippen LogP contribution >= 0.6 is 11.6 Å². The highest BCUT2D eigenvalue weighted by molar-refractivity contribution is 6.33.